The van der Waals surface area contributed by atoms with Gasteiger partial charge < -0.3 is 4.74 Å². The molecule has 0 aromatic heterocycles. The summed E-state index contributed by atoms with van der Waals surface area (Å²) in [6.45, 7) is 0.135. The minimum absolute atomic E-state index is 0.0345. The van der Waals surface area contributed by atoms with E-state index in [0.717, 1.165) is 4.47 Å². The zero-order valence-corrected chi connectivity index (χ0v) is 14.0. The third kappa shape index (κ3) is 4.56. The van der Waals surface area contributed by atoms with E-state index in [0.29, 0.717) is 16.9 Å². The van der Waals surface area contributed by atoms with Crippen LogP contribution in [0.4, 0.5) is 4.39 Å². The Balaban J connectivity index is 2.28. The predicted octanol–water partition coefficient (Wildman–Crippen LogP) is 5.25. The fourth-order valence-electron chi connectivity index (χ4n) is 1.80. The first-order chi connectivity index (χ1) is 11.0. The maximum atomic E-state index is 13.0. The van der Waals surface area contributed by atoms with E-state index in [9.17, 15) is 4.39 Å². The third-order valence-electron chi connectivity index (χ3n) is 2.91. The minimum atomic E-state index is -0.418. The fourth-order valence-corrected chi connectivity index (χ4v) is 2.40. The molecule has 23 heavy (non-hydrogen) atoms. The summed E-state index contributed by atoms with van der Waals surface area (Å²) in [4.78, 5) is 0. The van der Waals surface area contributed by atoms with Crippen LogP contribution in [0.25, 0.3) is 6.08 Å². The summed E-state index contributed by atoms with van der Waals surface area (Å²) in [7, 11) is 0. The summed E-state index contributed by atoms with van der Waals surface area (Å²) in [5.74, 6) is 0.0651. The number of benzene rings is 2. The number of rotatable bonds is 4. The van der Waals surface area contributed by atoms with Gasteiger partial charge in [-0.2, -0.15) is 10.5 Å². The Morgan fingerprint density at radius 1 is 1.22 bits per heavy atom. The van der Waals surface area contributed by atoms with Crippen molar-refractivity contribution in [3.05, 3.63) is 68.4 Å². The quantitative estimate of drug-likeness (QED) is 0.669. The van der Waals surface area contributed by atoms with Gasteiger partial charge in [-0.15, -0.1) is 0 Å². The molecule has 0 saturated carbocycles. The lowest BCUT2D eigenvalue weighted by molar-refractivity contribution is 0.305. The highest BCUT2D eigenvalue weighted by Crippen LogP contribution is 2.27. The van der Waals surface area contributed by atoms with Gasteiger partial charge in [-0.25, -0.2) is 4.39 Å². The Bertz CT molecular complexity index is 837. The molecule has 0 N–H and O–H groups in total. The lowest BCUT2D eigenvalue weighted by atomic mass is 10.1. The van der Waals surface area contributed by atoms with Crippen LogP contribution in [0.3, 0.4) is 0 Å². The van der Waals surface area contributed by atoms with E-state index in [4.69, 9.17) is 26.9 Å². The number of hydrogen-bond acceptors (Lipinski definition) is 3. The molecule has 2 aromatic rings. The van der Waals surface area contributed by atoms with Gasteiger partial charge in [-0.1, -0.05) is 33.6 Å². The number of nitriles is 2. The topological polar surface area (TPSA) is 56.8 Å². The monoisotopic (exact) mass is 390 g/mol. The van der Waals surface area contributed by atoms with Crippen molar-refractivity contribution in [1.82, 2.24) is 0 Å². The molecule has 6 heteroatoms. The van der Waals surface area contributed by atoms with Crippen molar-refractivity contribution >= 4 is 33.6 Å². The zero-order chi connectivity index (χ0) is 16.8. The maximum Gasteiger partial charge on any atom is 0.130 e. The van der Waals surface area contributed by atoms with Gasteiger partial charge in [-0.3, -0.25) is 0 Å². The van der Waals surface area contributed by atoms with Crippen LogP contribution in [0.5, 0.6) is 5.75 Å². The molecule has 0 aliphatic rings. The van der Waals surface area contributed by atoms with Crippen LogP contribution in [-0.4, -0.2) is 0 Å². The highest BCUT2D eigenvalue weighted by atomic mass is 79.9. The summed E-state index contributed by atoms with van der Waals surface area (Å²) in [6, 6.07) is 12.9. The number of nitrogens with zero attached hydrogens (tertiary/aromatic N) is 2. The standard InChI is InChI=1S/C17H9BrClFN2O/c18-14-2-4-17(13(6-14)5-11(8-21)9-22)23-10-12-1-3-15(20)7-16(12)19/h1-7H,10H2. The van der Waals surface area contributed by atoms with Gasteiger partial charge in [0.2, 0.25) is 0 Å². The van der Waals surface area contributed by atoms with E-state index in [1.807, 2.05) is 0 Å². The molecular weight excluding hydrogens is 383 g/mol. The SMILES string of the molecule is N#CC(C#N)=Cc1cc(Br)ccc1OCc1ccc(F)cc1Cl. The van der Waals surface area contributed by atoms with Gasteiger partial charge >= 0.3 is 0 Å². The van der Waals surface area contributed by atoms with Gasteiger partial charge in [0.15, 0.2) is 0 Å². The summed E-state index contributed by atoms with van der Waals surface area (Å²) in [5, 5.41) is 18.0. The van der Waals surface area contributed by atoms with E-state index in [-0.39, 0.29) is 17.2 Å². The van der Waals surface area contributed by atoms with Gasteiger partial charge in [0.25, 0.3) is 0 Å². The first-order valence-corrected chi connectivity index (χ1v) is 7.58. The molecule has 0 amide bonds. The second-order valence-electron chi connectivity index (χ2n) is 4.49. The van der Waals surface area contributed by atoms with E-state index in [1.54, 1.807) is 36.4 Å². The first kappa shape index (κ1) is 17.0. The zero-order valence-electron chi connectivity index (χ0n) is 11.7. The molecule has 3 nitrogen and oxygen atoms in total. The van der Waals surface area contributed by atoms with Crippen LogP contribution in [0.2, 0.25) is 5.02 Å². The van der Waals surface area contributed by atoms with Crippen molar-refractivity contribution in [3.63, 3.8) is 0 Å². The van der Waals surface area contributed by atoms with E-state index in [2.05, 4.69) is 15.9 Å². The van der Waals surface area contributed by atoms with Crippen LogP contribution >= 0.6 is 27.5 Å². The number of halogens is 3. The lowest BCUT2D eigenvalue weighted by Crippen LogP contribution is -1.98. The molecule has 0 unspecified atom stereocenters. The molecular formula is C17H9BrClFN2O. The highest BCUT2D eigenvalue weighted by molar-refractivity contribution is 9.10. The van der Waals surface area contributed by atoms with Crippen LogP contribution in [0.15, 0.2) is 46.4 Å². The number of ether oxygens (including phenoxy) is 1. The number of hydrogen-bond donors (Lipinski definition) is 0. The summed E-state index contributed by atoms with van der Waals surface area (Å²) in [6.07, 6.45) is 1.44. The van der Waals surface area contributed by atoms with Gasteiger partial charge in [0, 0.05) is 15.6 Å². The van der Waals surface area contributed by atoms with Gasteiger partial charge in [0.1, 0.15) is 35.9 Å². The molecule has 0 atom stereocenters. The van der Waals surface area contributed by atoms with E-state index in [1.165, 1.54) is 18.2 Å². The predicted molar refractivity (Wildman–Crippen MR) is 89.1 cm³/mol. The van der Waals surface area contributed by atoms with Crippen molar-refractivity contribution in [2.24, 2.45) is 0 Å². The molecule has 2 rings (SSSR count). The lowest BCUT2D eigenvalue weighted by Gasteiger charge is -2.11. The van der Waals surface area contributed by atoms with Crippen molar-refractivity contribution in [3.8, 4) is 17.9 Å². The molecule has 0 radical (unpaired) electrons. The Morgan fingerprint density at radius 2 is 1.96 bits per heavy atom. The van der Waals surface area contributed by atoms with Crippen molar-refractivity contribution in [1.29, 1.82) is 10.5 Å². The molecule has 0 saturated heterocycles. The molecule has 0 bridgehead atoms. The Labute approximate surface area is 146 Å². The molecule has 0 fully saturated rings. The summed E-state index contributed by atoms with van der Waals surface area (Å²) < 4.78 is 19.5. The van der Waals surface area contributed by atoms with Crippen molar-refractivity contribution in [2.45, 2.75) is 6.61 Å². The molecule has 0 heterocycles. The Hall–Kier alpha value is -2.34. The van der Waals surface area contributed by atoms with Crippen LogP contribution in [-0.2, 0) is 6.61 Å². The van der Waals surface area contributed by atoms with Crippen molar-refractivity contribution in [2.75, 3.05) is 0 Å². The molecule has 114 valence electrons. The second-order valence-corrected chi connectivity index (χ2v) is 5.81. The van der Waals surface area contributed by atoms with Gasteiger partial charge in [0.05, 0.1) is 5.02 Å². The average molecular weight is 392 g/mol. The van der Waals surface area contributed by atoms with Crippen molar-refractivity contribution < 1.29 is 9.13 Å². The van der Waals surface area contributed by atoms with Crippen LogP contribution in [0, 0.1) is 28.5 Å². The van der Waals surface area contributed by atoms with Gasteiger partial charge in [-0.05, 0) is 36.4 Å². The van der Waals surface area contributed by atoms with Crippen LogP contribution in [0.1, 0.15) is 11.1 Å². The van der Waals surface area contributed by atoms with E-state index >= 15 is 0 Å². The first-order valence-electron chi connectivity index (χ1n) is 6.41. The number of allylic oxidation sites excluding steroid dienone is 1. The normalized spacial score (nSPS) is 9.61. The highest BCUT2D eigenvalue weighted by Gasteiger charge is 2.07. The van der Waals surface area contributed by atoms with Crippen LogP contribution < -0.4 is 4.74 Å². The molecule has 0 aliphatic carbocycles. The fraction of sp³-hybridized carbons (Fsp3) is 0.0588. The molecule has 2 aromatic carbocycles. The molecule has 0 aliphatic heterocycles. The summed E-state index contributed by atoms with van der Waals surface area (Å²) in [5.41, 5.74) is 1.18. The average Bonchev–Trinajstić information content (AvgIpc) is 2.53. The van der Waals surface area contributed by atoms with E-state index < -0.39 is 5.82 Å². The second kappa shape index (κ2) is 7.78. The largest absolute Gasteiger partial charge is 0.488 e. The maximum absolute atomic E-state index is 13.0. The molecule has 0 spiro atoms. The smallest absolute Gasteiger partial charge is 0.130 e. The summed E-state index contributed by atoms with van der Waals surface area (Å²) >= 11 is 9.30. The minimum Gasteiger partial charge on any atom is -0.488 e. The third-order valence-corrected chi connectivity index (χ3v) is 3.76. The Morgan fingerprint density at radius 3 is 2.61 bits per heavy atom. The Kier molecular flexibility index (Phi) is 5.76.